The lowest BCUT2D eigenvalue weighted by atomic mass is 10.0. The molecule has 21 heavy (non-hydrogen) atoms. The molecule has 108 valence electrons. The summed E-state index contributed by atoms with van der Waals surface area (Å²) in [5.41, 5.74) is 8.90. The van der Waals surface area contributed by atoms with Crippen molar-refractivity contribution in [2.75, 3.05) is 0 Å². The van der Waals surface area contributed by atoms with Gasteiger partial charge in [0.1, 0.15) is 11.3 Å². The van der Waals surface area contributed by atoms with Gasteiger partial charge in [0.05, 0.1) is 16.1 Å². The standard InChI is InChI=1S/C16H12Cl3NO/c1-8-11-7-10(17)3-5-14(11)21-16(8)15(20)9-2-4-12(18)13(19)6-9/h2-7,15H,20H2,1H3. The number of benzene rings is 2. The van der Waals surface area contributed by atoms with Crippen molar-refractivity contribution in [1.29, 1.82) is 0 Å². The first-order valence-corrected chi connectivity index (χ1v) is 7.50. The van der Waals surface area contributed by atoms with E-state index in [1.165, 1.54) is 0 Å². The van der Waals surface area contributed by atoms with E-state index in [0.717, 1.165) is 22.1 Å². The molecule has 2 aromatic carbocycles. The van der Waals surface area contributed by atoms with Crippen LogP contribution in [0.5, 0.6) is 0 Å². The first-order chi connectivity index (χ1) is 9.97. The Labute approximate surface area is 137 Å². The van der Waals surface area contributed by atoms with Gasteiger partial charge >= 0.3 is 0 Å². The van der Waals surface area contributed by atoms with Crippen molar-refractivity contribution < 1.29 is 4.42 Å². The summed E-state index contributed by atoms with van der Waals surface area (Å²) in [6.45, 7) is 1.97. The van der Waals surface area contributed by atoms with E-state index in [2.05, 4.69) is 0 Å². The fourth-order valence-electron chi connectivity index (χ4n) is 2.37. The van der Waals surface area contributed by atoms with Crippen LogP contribution in [0.2, 0.25) is 15.1 Å². The maximum Gasteiger partial charge on any atom is 0.134 e. The average Bonchev–Trinajstić information content (AvgIpc) is 2.78. The van der Waals surface area contributed by atoms with Crippen molar-refractivity contribution in [3.8, 4) is 0 Å². The minimum Gasteiger partial charge on any atom is -0.459 e. The first-order valence-electron chi connectivity index (χ1n) is 6.36. The van der Waals surface area contributed by atoms with Crippen LogP contribution in [-0.2, 0) is 0 Å². The van der Waals surface area contributed by atoms with Crippen molar-refractivity contribution in [1.82, 2.24) is 0 Å². The molecule has 5 heteroatoms. The van der Waals surface area contributed by atoms with Gasteiger partial charge in [0.2, 0.25) is 0 Å². The highest BCUT2D eigenvalue weighted by Crippen LogP contribution is 2.34. The Morgan fingerprint density at radius 3 is 2.48 bits per heavy atom. The van der Waals surface area contributed by atoms with Crippen LogP contribution < -0.4 is 5.73 Å². The number of fused-ring (bicyclic) bond motifs is 1. The van der Waals surface area contributed by atoms with Gasteiger partial charge < -0.3 is 10.2 Å². The van der Waals surface area contributed by atoms with Gasteiger partial charge in [-0.1, -0.05) is 40.9 Å². The number of hydrogen-bond donors (Lipinski definition) is 1. The van der Waals surface area contributed by atoms with E-state index < -0.39 is 6.04 Å². The van der Waals surface area contributed by atoms with Gasteiger partial charge in [-0.2, -0.15) is 0 Å². The largest absolute Gasteiger partial charge is 0.459 e. The Morgan fingerprint density at radius 2 is 1.76 bits per heavy atom. The third-order valence-electron chi connectivity index (χ3n) is 3.52. The molecule has 3 aromatic rings. The molecule has 0 aliphatic heterocycles. The van der Waals surface area contributed by atoms with Crippen LogP contribution >= 0.6 is 34.8 Å². The number of aryl methyl sites for hydroxylation is 1. The normalized spacial score (nSPS) is 12.8. The fraction of sp³-hybridized carbons (Fsp3) is 0.125. The highest BCUT2D eigenvalue weighted by Gasteiger charge is 2.19. The van der Waals surface area contributed by atoms with Gasteiger partial charge in [-0.05, 0) is 42.8 Å². The zero-order valence-corrected chi connectivity index (χ0v) is 13.4. The molecular weight excluding hydrogens is 329 g/mol. The molecule has 3 rings (SSSR count). The third kappa shape index (κ3) is 2.65. The molecule has 0 radical (unpaired) electrons. The van der Waals surface area contributed by atoms with Gasteiger partial charge in [0.25, 0.3) is 0 Å². The SMILES string of the molecule is Cc1c(C(N)c2ccc(Cl)c(Cl)c2)oc2ccc(Cl)cc12. The van der Waals surface area contributed by atoms with Crippen molar-refractivity contribution in [3.05, 3.63) is 68.4 Å². The highest BCUT2D eigenvalue weighted by atomic mass is 35.5. The van der Waals surface area contributed by atoms with E-state index in [1.54, 1.807) is 18.2 Å². The molecule has 0 fully saturated rings. The quantitative estimate of drug-likeness (QED) is 0.645. The summed E-state index contributed by atoms with van der Waals surface area (Å²) < 4.78 is 5.88. The topological polar surface area (TPSA) is 39.2 Å². The van der Waals surface area contributed by atoms with Crippen molar-refractivity contribution >= 4 is 45.8 Å². The Bertz CT molecular complexity index is 826. The zero-order chi connectivity index (χ0) is 15.1. The van der Waals surface area contributed by atoms with Gasteiger partial charge in [-0.25, -0.2) is 0 Å². The Kier molecular flexibility index (Phi) is 3.89. The lowest BCUT2D eigenvalue weighted by Crippen LogP contribution is -2.12. The van der Waals surface area contributed by atoms with E-state index in [1.807, 2.05) is 25.1 Å². The molecule has 0 bridgehead atoms. The van der Waals surface area contributed by atoms with Gasteiger partial charge in [0, 0.05) is 16.0 Å². The van der Waals surface area contributed by atoms with Gasteiger partial charge in [-0.3, -0.25) is 0 Å². The molecule has 1 heterocycles. The minimum atomic E-state index is -0.411. The second-order valence-electron chi connectivity index (χ2n) is 4.88. The lowest BCUT2D eigenvalue weighted by Gasteiger charge is -2.11. The molecule has 0 saturated heterocycles. The van der Waals surface area contributed by atoms with Gasteiger partial charge in [0.15, 0.2) is 0 Å². The summed E-state index contributed by atoms with van der Waals surface area (Å²) in [6, 6.07) is 10.4. The van der Waals surface area contributed by atoms with Crippen LogP contribution in [-0.4, -0.2) is 0 Å². The van der Waals surface area contributed by atoms with E-state index >= 15 is 0 Å². The maximum absolute atomic E-state index is 6.31. The second kappa shape index (κ2) is 5.54. The van der Waals surface area contributed by atoms with Crippen LogP contribution in [0.1, 0.15) is 22.9 Å². The molecule has 1 atom stereocenters. The molecule has 0 amide bonds. The summed E-state index contributed by atoms with van der Waals surface area (Å²) in [4.78, 5) is 0. The average molecular weight is 341 g/mol. The number of furan rings is 1. The highest BCUT2D eigenvalue weighted by molar-refractivity contribution is 6.42. The molecule has 0 aliphatic rings. The van der Waals surface area contributed by atoms with E-state index in [4.69, 9.17) is 45.0 Å². The molecule has 2 N–H and O–H groups in total. The molecule has 1 unspecified atom stereocenters. The molecular formula is C16H12Cl3NO. The lowest BCUT2D eigenvalue weighted by molar-refractivity contribution is 0.521. The Morgan fingerprint density at radius 1 is 1.00 bits per heavy atom. The van der Waals surface area contributed by atoms with Gasteiger partial charge in [-0.15, -0.1) is 0 Å². The summed E-state index contributed by atoms with van der Waals surface area (Å²) in [7, 11) is 0. The molecule has 0 saturated carbocycles. The smallest absolute Gasteiger partial charge is 0.134 e. The van der Waals surface area contributed by atoms with Crippen molar-refractivity contribution in [2.24, 2.45) is 5.73 Å². The maximum atomic E-state index is 6.31. The first kappa shape index (κ1) is 14.7. The molecule has 0 spiro atoms. The fourth-order valence-corrected chi connectivity index (χ4v) is 2.84. The van der Waals surface area contributed by atoms with E-state index in [9.17, 15) is 0 Å². The number of halogens is 3. The number of hydrogen-bond acceptors (Lipinski definition) is 2. The Hall–Kier alpha value is -1.19. The summed E-state index contributed by atoms with van der Waals surface area (Å²) in [5.74, 6) is 0.700. The number of rotatable bonds is 2. The molecule has 2 nitrogen and oxygen atoms in total. The number of nitrogens with two attached hydrogens (primary N) is 1. The Balaban J connectivity index is 2.10. The second-order valence-corrected chi connectivity index (χ2v) is 6.13. The summed E-state index contributed by atoms with van der Waals surface area (Å²) in [5, 5.41) is 2.61. The summed E-state index contributed by atoms with van der Waals surface area (Å²) in [6.07, 6.45) is 0. The zero-order valence-electron chi connectivity index (χ0n) is 11.2. The van der Waals surface area contributed by atoms with Crippen LogP contribution in [0, 0.1) is 6.92 Å². The minimum absolute atomic E-state index is 0.411. The van der Waals surface area contributed by atoms with Crippen LogP contribution in [0.25, 0.3) is 11.0 Å². The third-order valence-corrected chi connectivity index (χ3v) is 4.49. The predicted molar refractivity (Wildman–Crippen MR) is 88.5 cm³/mol. The van der Waals surface area contributed by atoms with Crippen LogP contribution in [0.15, 0.2) is 40.8 Å². The monoisotopic (exact) mass is 339 g/mol. The molecule has 1 aromatic heterocycles. The van der Waals surface area contributed by atoms with Crippen LogP contribution in [0.3, 0.4) is 0 Å². The predicted octanol–water partition coefficient (Wildman–Crippen LogP) is 5.75. The van der Waals surface area contributed by atoms with E-state index in [0.29, 0.717) is 20.8 Å². The van der Waals surface area contributed by atoms with Crippen molar-refractivity contribution in [2.45, 2.75) is 13.0 Å². The van der Waals surface area contributed by atoms with Crippen molar-refractivity contribution in [3.63, 3.8) is 0 Å². The van der Waals surface area contributed by atoms with E-state index in [-0.39, 0.29) is 0 Å². The van der Waals surface area contributed by atoms with Crippen LogP contribution in [0.4, 0.5) is 0 Å². The molecule has 0 aliphatic carbocycles. The summed E-state index contributed by atoms with van der Waals surface area (Å²) >= 11 is 18.0.